The first-order valence-corrected chi connectivity index (χ1v) is 5.87. The van der Waals surface area contributed by atoms with Crippen LogP contribution >= 0.6 is 0 Å². The van der Waals surface area contributed by atoms with E-state index in [1.54, 1.807) is 0 Å². The van der Waals surface area contributed by atoms with Gasteiger partial charge in [-0.1, -0.05) is 0 Å². The van der Waals surface area contributed by atoms with Crippen molar-refractivity contribution in [2.24, 2.45) is 0 Å². The minimum atomic E-state index is -0.830. The molecule has 0 amide bonds. The van der Waals surface area contributed by atoms with E-state index in [4.69, 9.17) is 4.74 Å². The maximum absolute atomic E-state index is 11.8. The third-order valence-corrected chi connectivity index (χ3v) is 2.89. The van der Waals surface area contributed by atoms with Gasteiger partial charge >= 0.3 is 5.97 Å². The van der Waals surface area contributed by atoms with Gasteiger partial charge in [0.1, 0.15) is 5.69 Å². The van der Waals surface area contributed by atoms with E-state index < -0.39 is 17.0 Å². The van der Waals surface area contributed by atoms with E-state index in [2.05, 4.69) is 4.98 Å². The van der Waals surface area contributed by atoms with Crippen LogP contribution in [0.15, 0.2) is 24.3 Å². The van der Waals surface area contributed by atoms with Gasteiger partial charge in [0, 0.05) is 23.0 Å². The van der Waals surface area contributed by atoms with E-state index in [1.807, 2.05) is 0 Å². The molecule has 0 bridgehead atoms. The van der Waals surface area contributed by atoms with Gasteiger partial charge in [-0.3, -0.25) is 14.9 Å². The van der Waals surface area contributed by atoms with Crippen molar-refractivity contribution in [2.75, 3.05) is 0 Å². The van der Waals surface area contributed by atoms with Gasteiger partial charge < -0.3 is 9.72 Å². The first kappa shape index (κ1) is 13.7. The molecule has 0 saturated heterocycles. The van der Waals surface area contributed by atoms with Crippen molar-refractivity contribution in [1.82, 2.24) is 4.98 Å². The molecule has 1 aromatic carbocycles. The highest BCUT2D eigenvalue weighted by Gasteiger charge is 2.18. The number of esters is 1. The second-order valence-corrected chi connectivity index (χ2v) is 4.37. The molecule has 2 aromatic rings. The lowest BCUT2D eigenvalue weighted by molar-refractivity contribution is -0.384. The van der Waals surface area contributed by atoms with E-state index in [0.717, 1.165) is 0 Å². The van der Waals surface area contributed by atoms with Crippen LogP contribution in [0.3, 0.4) is 0 Å². The number of aromatic nitrogens is 1. The molecule has 0 radical (unpaired) electrons. The molecule has 1 unspecified atom stereocenters. The van der Waals surface area contributed by atoms with Gasteiger partial charge in [0.2, 0.25) is 0 Å². The van der Waals surface area contributed by atoms with E-state index >= 15 is 0 Å². The molecule has 2 rings (SSSR count). The van der Waals surface area contributed by atoms with Gasteiger partial charge in [-0.2, -0.15) is 0 Å². The number of nitro groups is 1. The van der Waals surface area contributed by atoms with Crippen LogP contribution in [0.1, 0.15) is 24.3 Å². The predicted octanol–water partition coefficient (Wildman–Crippen LogP) is 2.21. The summed E-state index contributed by atoms with van der Waals surface area (Å²) in [6.07, 6.45) is -0.830. The molecule has 20 heavy (non-hydrogen) atoms. The third-order valence-electron chi connectivity index (χ3n) is 2.89. The molecule has 0 aliphatic carbocycles. The van der Waals surface area contributed by atoms with Crippen LogP contribution in [0.2, 0.25) is 0 Å². The second kappa shape index (κ2) is 5.12. The molecule has 7 heteroatoms. The van der Waals surface area contributed by atoms with Gasteiger partial charge in [-0.25, -0.2) is 4.79 Å². The van der Waals surface area contributed by atoms with Crippen molar-refractivity contribution in [3.8, 4) is 0 Å². The summed E-state index contributed by atoms with van der Waals surface area (Å²) in [5, 5.41) is 11.2. The number of benzene rings is 1. The molecular weight excluding hydrogens is 264 g/mol. The number of fused-ring (bicyclic) bond motifs is 1. The number of rotatable bonds is 4. The first-order valence-electron chi connectivity index (χ1n) is 5.87. The summed E-state index contributed by atoms with van der Waals surface area (Å²) in [6.45, 7) is 2.81. The summed E-state index contributed by atoms with van der Waals surface area (Å²) in [5.74, 6) is -0.934. The number of ketones is 1. The maximum atomic E-state index is 11.8. The zero-order valence-electron chi connectivity index (χ0n) is 10.9. The average molecular weight is 276 g/mol. The van der Waals surface area contributed by atoms with Crippen molar-refractivity contribution < 1.29 is 19.2 Å². The lowest BCUT2D eigenvalue weighted by Gasteiger charge is -2.08. The van der Waals surface area contributed by atoms with E-state index in [9.17, 15) is 19.7 Å². The number of Topliss-reactive ketones (excluding diaryl/α,β-unsaturated/α-hetero) is 1. The largest absolute Gasteiger partial charge is 0.450 e. The van der Waals surface area contributed by atoms with Crippen molar-refractivity contribution in [1.29, 1.82) is 0 Å². The van der Waals surface area contributed by atoms with Gasteiger partial charge in [-0.05, 0) is 26.0 Å². The van der Waals surface area contributed by atoms with E-state index in [1.165, 1.54) is 38.1 Å². The quantitative estimate of drug-likeness (QED) is 0.524. The van der Waals surface area contributed by atoms with E-state index in [-0.39, 0.29) is 17.2 Å². The number of hydrogen-bond donors (Lipinski definition) is 1. The van der Waals surface area contributed by atoms with Crippen LogP contribution in [0.25, 0.3) is 10.9 Å². The Balaban J connectivity index is 2.29. The summed E-state index contributed by atoms with van der Waals surface area (Å²) in [7, 11) is 0. The standard InChI is InChI=1S/C13H12N2O5/c1-7(16)8(2)20-13(17)12-6-9-5-10(15(18)19)3-4-11(9)14-12/h3-6,8,14H,1-2H3. The van der Waals surface area contributed by atoms with Crippen molar-refractivity contribution in [2.45, 2.75) is 20.0 Å². The molecule has 1 N–H and O–H groups in total. The normalized spacial score (nSPS) is 12.1. The highest BCUT2D eigenvalue weighted by Crippen LogP contribution is 2.22. The molecule has 1 heterocycles. The number of nitrogens with one attached hydrogen (secondary N) is 1. The Morgan fingerprint density at radius 1 is 1.35 bits per heavy atom. The van der Waals surface area contributed by atoms with Crippen LogP contribution in [0.5, 0.6) is 0 Å². The van der Waals surface area contributed by atoms with Crippen LogP contribution in [0.4, 0.5) is 5.69 Å². The fraction of sp³-hybridized carbons (Fsp3) is 0.231. The molecule has 0 aliphatic rings. The van der Waals surface area contributed by atoms with Gasteiger partial charge in [-0.15, -0.1) is 0 Å². The van der Waals surface area contributed by atoms with Crippen LogP contribution in [0, 0.1) is 10.1 Å². The molecule has 104 valence electrons. The van der Waals surface area contributed by atoms with Crippen LogP contribution in [-0.2, 0) is 9.53 Å². The Hall–Kier alpha value is -2.70. The topological polar surface area (TPSA) is 102 Å². The van der Waals surface area contributed by atoms with Crippen LogP contribution < -0.4 is 0 Å². The number of carbonyl (C=O) groups excluding carboxylic acids is 2. The highest BCUT2D eigenvalue weighted by atomic mass is 16.6. The number of H-pyrrole nitrogens is 1. The SMILES string of the molecule is CC(=O)C(C)OC(=O)c1cc2cc([N+](=O)[O-])ccc2[nH]1. The molecule has 0 saturated carbocycles. The molecule has 1 atom stereocenters. The number of carbonyl (C=O) groups is 2. The van der Waals surface area contributed by atoms with Crippen LogP contribution in [-0.4, -0.2) is 27.8 Å². The van der Waals surface area contributed by atoms with E-state index in [0.29, 0.717) is 10.9 Å². The number of ether oxygens (including phenoxy) is 1. The number of aromatic amines is 1. The Kier molecular flexibility index (Phi) is 3.51. The zero-order chi connectivity index (χ0) is 14.9. The Bertz CT molecular complexity index is 704. The fourth-order valence-corrected chi connectivity index (χ4v) is 1.65. The molecular formula is C13H12N2O5. The minimum Gasteiger partial charge on any atom is -0.450 e. The molecule has 0 fully saturated rings. The van der Waals surface area contributed by atoms with Crippen molar-refractivity contribution in [3.63, 3.8) is 0 Å². The highest BCUT2D eigenvalue weighted by molar-refractivity contribution is 5.96. The Morgan fingerprint density at radius 2 is 2.05 bits per heavy atom. The number of nitrogens with zero attached hydrogens (tertiary/aromatic N) is 1. The second-order valence-electron chi connectivity index (χ2n) is 4.37. The van der Waals surface area contributed by atoms with Gasteiger partial charge in [0.05, 0.1) is 4.92 Å². The lowest BCUT2D eigenvalue weighted by Crippen LogP contribution is -2.21. The molecule has 1 aromatic heterocycles. The van der Waals surface area contributed by atoms with Gasteiger partial charge in [0.15, 0.2) is 11.9 Å². The summed E-state index contributed by atoms with van der Waals surface area (Å²) >= 11 is 0. The smallest absolute Gasteiger partial charge is 0.355 e. The Morgan fingerprint density at radius 3 is 2.65 bits per heavy atom. The fourth-order valence-electron chi connectivity index (χ4n) is 1.65. The summed E-state index contributed by atoms with van der Waals surface area (Å²) < 4.78 is 4.95. The average Bonchev–Trinajstić information content (AvgIpc) is 2.80. The number of non-ortho nitro benzene ring substituents is 1. The monoisotopic (exact) mass is 276 g/mol. The summed E-state index contributed by atoms with van der Waals surface area (Å²) in [4.78, 5) is 35.8. The molecule has 0 spiro atoms. The molecule has 7 nitrogen and oxygen atoms in total. The van der Waals surface area contributed by atoms with Crippen molar-refractivity contribution in [3.05, 3.63) is 40.1 Å². The third kappa shape index (κ3) is 2.66. The maximum Gasteiger partial charge on any atom is 0.355 e. The predicted molar refractivity (Wildman–Crippen MR) is 70.5 cm³/mol. The number of nitro benzene ring substituents is 1. The first-order chi connectivity index (χ1) is 9.38. The summed E-state index contributed by atoms with van der Waals surface area (Å²) in [5.41, 5.74) is 0.667. The summed E-state index contributed by atoms with van der Waals surface area (Å²) in [6, 6.07) is 5.67. The number of hydrogen-bond acceptors (Lipinski definition) is 5. The lowest BCUT2D eigenvalue weighted by atomic mass is 10.2. The Labute approximate surface area is 113 Å². The molecule has 0 aliphatic heterocycles. The van der Waals surface area contributed by atoms with Gasteiger partial charge in [0.25, 0.3) is 5.69 Å². The minimum absolute atomic E-state index is 0.0616. The zero-order valence-corrected chi connectivity index (χ0v) is 10.9. The van der Waals surface area contributed by atoms with Crippen molar-refractivity contribution >= 4 is 28.3 Å².